The van der Waals surface area contributed by atoms with Crippen LogP contribution < -0.4 is 26.4 Å². The number of rotatable bonds is 8. The maximum Gasteiger partial charge on any atom is 0.408 e. The van der Waals surface area contributed by atoms with Crippen LogP contribution in [0.15, 0.2) is 12.1 Å². The number of hydrogen-bond acceptors (Lipinski definition) is 10. The molecule has 202 valence electrons. The van der Waals surface area contributed by atoms with Crippen LogP contribution in [0.4, 0.5) is 24.8 Å². The number of piperidine rings is 1. The predicted molar refractivity (Wildman–Crippen MR) is 127 cm³/mol. The second-order valence-electron chi connectivity index (χ2n) is 9.32. The van der Waals surface area contributed by atoms with Crippen LogP contribution in [0.5, 0.6) is 6.01 Å². The van der Waals surface area contributed by atoms with Crippen LogP contribution in [-0.4, -0.2) is 63.7 Å². The van der Waals surface area contributed by atoms with Crippen molar-refractivity contribution in [2.75, 3.05) is 30.3 Å². The normalized spacial score (nSPS) is 20.3. The van der Waals surface area contributed by atoms with Gasteiger partial charge in [-0.2, -0.15) is 33.4 Å². The molecule has 38 heavy (non-hydrogen) atoms. The highest BCUT2D eigenvalue weighted by atomic mass is 19.4. The number of hydrogen-bond donors (Lipinski definition) is 3. The summed E-state index contributed by atoms with van der Waals surface area (Å²) in [4.78, 5) is 42.5. The Bertz CT molecular complexity index is 1260. The Hall–Kier alpha value is -4.22. The maximum absolute atomic E-state index is 13.0. The number of nitrogens with zero attached hydrogens (tertiary/aromatic N) is 6. The van der Waals surface area contributed by atoms with Gasteiger partial charge in [0.25, 0.3) is 11.8 Å². The lowest BCUT2D eigenvalue weighted by Gasteiger charge is -2.32. The van der Waals surface area contributed by atoms with Crippen molar-refractivity contribution in [3.63, 3.8) is 0 Å². The van der Waals surface area contributed by atoms with E-state index in [0.29, 0.717) is 38.0 Å². The summed E-state index contributed by atoms with van der Waals surface area (Å²) in [6, 6.07) is 3.12. The van der Waals surface area contributed by atoms with Gasteiger partial charge in [0.1, 0.15) is 6.04 Å². The van der Waals surface area contributed by atoms with Gasteiger partial charge in [0, 0.05) is 30.6 Å². The molecule has 2 amide bonds. The molecule has 12 nitrogen and oxygen atoms in total. The smallest absolute Gasteiger partial charge is 0.408 e. The highest BCUT2D eigenvalue weighted by molar-refractivity contribution is 5.95. The summed E-state index contributed by atoms with van der Waals surface area (Å²) < 4.78 is 44.5. The highest BCUT2D eigenvalue weighted by Gasteiger charge is 2.39. The number of nitrogens with two attached hydrogens (primary N) is 2. The van der Waals surface area contributed by atoms with Crippen molar-refractivity contribution in [2.24, 2.45) is 17.6 Å². The Morgan fingerprint density at radius 3 is 2.55 bits per heavy atom. The average Bonchev–Trinajstić information content (AvgIpc) is 3.65. The summed E-state index contributed by atoms with van der Waals surface area (Å²) in [6.07, 6.45) is -2.82. The number of ether oxygens (including phenoxy) is 1. The summed E-state index contributed by atoms with van der Waals surface area (Å²) >= 11 is 0. The van der Waals surface area contributed by atoms with Crippen molar-refractivity contribution in [1.29, 1.82) is 5.26 Å². The fraction of sp³-hybridized carbons (Fsp3) is 0.522. The van der Waals surface area contributed by atoms with Gasteiger partial charge in [-0.15, -0.1) is 0 Å². The molecule has 15 heteroatoms. The Morgan fingerprint density at radius 2 is 1.95 bits per heavy atom. The number of anilines is 2. The third kappa shape index (κ3) is 6.18. The van der Waals surface area contributed by atoms with Gasteiger partial charge in [0.15, 0.2) is 5.69 Å². The van der Waals surface area contributed by atoms with Gasteiger partial charge in [-0.1, -0.05) is 0 Å². The highest BCUT2D eigenvalue weighted by Crippen LogP contribution is 2.37. The standard InChI is InChI=1S/C23H26F3N9O3/c1-11(23(24,25)26)30-20(37)19-32-21(34-22(33-19)38-10-14-8-13(14)9-27)35-6-4-12(5-7-35)16-3-2-15(28)17(31-16)18(29)36/h2-3,11-14H,4-8,10,28H2,1H3,(H2,29,36)(H,30,37)/t11-,13+,14-/m0/s1. The van der Waals surface area contributed by atoms with Gasteiger partial charge in [-0.25, -0.2) is 4.98 Å². The van der Waals surface area contributed by atoms with Crippen molar-refractivity contribution in [3.8, 4) is 12.1 Å². The molecular weight excluding hydrogens is 507 g/mol. The molecule has 2 aromatic heterocycles. The summed E-state index contributed by atoms with van der Waals surface area (Å²) in [5.41, 5.74) is 12.0. The van der Waals surface area contributed by atoms with E-state index in [2.05, 4.69) is 26.0 Å². The Kier molecular flexibility index (Phi) is 7.51. The van der Waals surface area contributed by atoms with E-state index in [1.165, 1.54) is 0 Å². The van der Waals surface area contributed by atoms with E-state index >= 15 is 0 Å². The first-order chi connectivity index (χ1) is 18.0. The largest absolute Gasteiger partial charge is 0.463 e. The zero-order chi connectivity index (χ0) is 27.6. The quantitative estimate of drug-likeness (QED) is 0.449. The molecule has 2 aliphatic rings. The van der Waals surface area contributed by atoms with Crippen molar-refractivity contribution >= 4 is 23.5 Å². The minimum absolute atomic E-state index is 0.00206. The number of nitrogens with one attached hydrogen (secondary N) is 1. The summed E-state index contributed by atoms with van der Waals surface area (Å²) in [6.45, 7) is 1.79. The third-order valence-electron chi connectivity index (χ3n) is 6.54. The molecule has 0 aromatic carbocycles. The molecular formula is C23H26F3N9O3. The molecule has 5 N–H and O–H groups in total. The number of primary amides is 1. The molecule has 1 aliphatic heterocycles. The maximum atomic E-state index is 13.0. The van der Waals surface area contributed by atoms with Crippen LogP contribution in [-0.2, 0) is 0 Å². The lowest BCUT2D eigenvalue weighted by atomic mass is 9.93. The molecule has 1 aliphatic carbocycles. The SMILES string of the molecule is C[C@H](NC(=O)c1nc(OC[C@@H]2C[C@@H]2C#N)nc(N2CCC(c3ccc(N)c(C(N)=O)n3)CC2)n1)C(F)(F)F. The number of alkyl halides is 3. The second-order valence-corrected chi connectivity index (χ2v) is 9.32. The van der Waals surface area contributed by atoms with E-state index in [1.807, 2.05) is 5.32 Å². The number of nitrogen functional groups attached to an aromatic ring is 1. The van der Waals surface area contributed by atoms with Crippen molar-refractivity contribution in [2.45, 2.75) is 44.3 Å². The van der Waals surface area contributed by atoms with E-state index in [0.717, 1.165) is 6.92 Å². The molecule has 0 radical (unpaired) electrons. The molecule has 2 aromatic rings. The first-order valence-corrected chi connectivity index (χ1v) is 11.9. The molecule has 1 saturated carbocycles. The van der Waals surface area contributed by atoms with Gasteiger partial charge in [-0.3, -0.25) is 9.59 Å². The Balaban J connectivity index is 1.50. The average molecular weight is 534 g/mol. The molecule has 0 spiro atoms. The Labute approximate surface area is 215 Å². The molecule has 2 fully saturated rings. The summed E-state index contributed by atoms with van der Waals surface area (Å²) in [5, 5.41) is 10.8. The fourth-order valence-corrected chi connectivity index (χ4v) is 4.05. The number of aromatic nitrogens is 4. The van der Waals surface area contributed by atoms with Crippen LogP contribution in [0.1, 0.15) is 58.9 Å². The molecule has 0 unspecified atom stereocenters. The number of amides is 2. The summed E-state index contributed by atoms with van der Waals surface area (Å²) in [5.74, 6) is -2.44. The Morgan fingerprint density at radius 1 is 1.24 bits per heavy atom. The van der Waals surface area contributed by atoms with Gasteiger partial charge in [-0.05, 0) is 38.3 Å². The van der Waals surface area contributed by atoms with Crippen LogP contribution in [0.3, 0.4) is 0 Å². The van der Waals surface area contributed by atoms with Crippen LogP contribution >= 0.6 is 0 Å². The molecule has 3 atom stereocenters. The monoisotopic (exact) mass is 533 g/mol. The molecule has 3 heterocycles. The number of nitriles is 1. The van der Waals surface area contributed by atoms with E-state index in [-0.39, 0.29) is 47.7 Å². The molecule has 0 bridgehead atoms. The second kappa shape index (κ2) is 10.6. The number of carbonyl (C=O) groups excluding carboxylic acids is 2. The van der Waals surface area contributed by atoms with E-state index in [9.17, 15) is 22.8 Å². The number of halogens is 3. The lowest BCUT2D eigenvalue weighted by Crippen LogP contribution is -2.44. The predicted octanol–water partition coefficient (Wildman–Crippen LogP) is 1.55. The fourth-order valence-electron chi connectivity index (χ4n) is 4.05. The van der Waals surface area contributed by atoms with Gasteiger partial charge < -0.3 is 26.4 Å². The molecule has 4 rings (SSSR count). The minimum atomic E-state index is -4.64. The van der Waals surface area contributed by atoms with Crippen molar-refractivity contribution < 1.29 is 27.5 Å². The first kappa shape index (κ1) is 26.8. The van der Waals surface area contributed by atoms with E-state index in [1.54, 1.807) is 17.0 Å². The van der Waals surface area contributed by atoms with Crippen LogP contribution in [0, 0.1) is 23.2 Å². The van der Waals surface area contributed by atoms with Crippen LogP contribution in [0.25, 0.3) is 0 Å². The van der Waals surface area contributed by atoms with Crippen LogP contribution in [0.2, 0.25) is 0 Å². The van der Waals surface area contributed by atoms with Crippen molar-refractivity contribution in [3.05, 3.63) is 29.3 Å². The zero-order valence-electron chi connectivity index (χ0n) is 20.4. The summed E-state index contributed by atoms with van der Waals surface area (Å²) in [7, 11) is 0. The minimum Gasteiger partial charge on any atom is -0.463 e. The van der Waals surface area contributed by atoms with Gasteiger partial charge in [0.05, 0.1) is 24.3 Å². The lowest BCUT2D eigenvalue weighted by molar-refractivity contribution is -0.149. The topological polar surface area (TPSA) is 186 Å². The van der Waals surface area contributed by atoms with E-state index < -0.39 is 29.9 Å². The van der Waals surface area contributed by atoms with E-state index in [4.69, 9.17) is 21.5 Å². The molecule has 1 saturated heterocycles. The third-order valence-corrected chi connectivity index (χ3v) is 6.54. The van der Waals surface area contributed by atoms with Gasteiger partial charge in [0.2, 0.25) is 11.8 Å². The van der Waals surface area contributed by atoms with Crippen molar-refractivity contribution in [1.82, 2.24) is 25.3 Å². The number of pyridine rings is 1. The zero-order valence-corrected chi connectivity index (χ0v) is 20.4. The van der Waals surface area contributed by atoms with Gasteiger partial charge >= 0.3 is 12.2 Å². The number of carbonyl (C=O) groups is 2. The first-order valence-electron chi connectivity index (χ1n) is 11.9.